The van der Waals surface area contributed by atoms with Gasteiger partial charge in [0.15, 0.2) is 0 Å². The van der Waals surface area contributed by atoms with Crippen molar-refractivity contribution in [2.45, 2.75) is 57.2 Å². The number of hydrogen-bond acceptors (Lipinski definition) is 5. The normalized spacial score (nSPS) is 22.9. The molecular weight excluding hydrogens is 256 g/mol. The molecule has 1 aromatic rings. The van der Waals surface area contributed by atoms with Crippen molar-refractivity contribution in [1.82, 2.24) is 9.97 Å². The van der Waals surface area contributed by atoms with Crippen LogP contribution in [0.25, 0.3) is 0 Å². The summed E-state index contributed by atoms with van der Waals surface area (Å²) in [7, 11) is 0. The third kappa shape index (κ3) is 4.00. The van der Waals surface area contributed by atoms with Crippen molar-refractivity contribution < 1.29 is 0 Å². The molecule has 0 saturated heterocycles. The van der Waals surface area contributed by atoms with E-state index in [-0.39, 0.29) is 0 Å². The van der Waals surface area contributed by atoms with E-state index >= 15 is 0 Å². The Bertz CT molecular complexity index is 422. The summed E-state index contributed by atoms with van der Waals surface area (Å²) in [5.41, 5.74) is 5.85. The van der Waals surface area contributed by atoms with Crippen LogP contribution in [-0.4, -0.2) is 27.0 Å². The van der Waals surface area contributed by atoms with Gasteiger partial charge in [-0.05, 0) is 25.0 Å². The number of thioether (sulfide) groups is 1. The van der Waals surface area contributed by atoms with Gasteiger partial charge >= 0.3 is 0 Å². The summed E-state index contributed by atoms with van der Waals surface area (Å²) in [5, 5.41) is 4.32. The zero-order valence-electron chi connectivity index (χ0n) is 12.0. The van der Waals surface area contributed by atoms with E-state index in [0.717, 1.165) is 16.9 Å². The number of hydrogen-bond donors (Lipinski definition) is 2. The van der Waals surface area contributed by atoms with Crippen LogP contribution >= 0.6 is 11.8 Å². The van der Waals surface area contributed by atoms with Crippen LogP contribution in [0.3, 0.4) is 0 Å². The van der Waals surface area contributed by atoms with Crippen LogP contribution in [0.1, 0.15) is 51.8 Å². The molecule has 19 heavy (non-hydrogen) atoms. The summed E-state index contributed by atoms with van der Waals surface area (Å²) in [6.45, 7) is 6.40. The van der Waals surface area contributed by atoms with Gasteiger partial charge in [0.25, 0.3) is 0 Å². The molecule has 0 amide bonds. The monoisotopic (exact) mass is 280 g/mol. The van der Waals surface area contributed by atoms with Gasteiger partial charge in [0.05, 0.1) is 0 Å². The van der Waals surface area contributed by atoms with E-state index in [1.807, 2.05) is 6.07 Å². The number of nitrogens with two attached hydrogens (primary N) is 1. The topological polar surface area (TPSA) is 63.8 Å². The summed E-state index contributed by atoms with van der Waals surface area (Å²) in [6, 6.07) is 2.37. The summed E-state index contributed by atoms with van der Waals surface area (Å²) in [6.07, 6.45) is 3.74. The fourth-order valence-electron chi connectivity index (χ4n) is 2.48. The molecule has 2 rings (SSSR count). The molecule has 0 bridgehead atoms. The van der Waals surface area contributed by atoms with Gasteiger partial charge in [-0.3, -0.25) is 0 Å². The molecular formula is C14H24N4S. The molecule has 0 radical (unpaired) electrons. The molecule has 0 aromatic carbocycles. The van der Waals surface area contributed by atoms with Crippen molar-refractivity contribution in [3.63, 3.8) is 0 Å². The standard InChI is InChI=1S/C14H24N4S/c1-4-19-11-6-5-10(7-11)16-13-8-12(15)17-14(18-13)9(2)3/h8-11H,4-7H2,1-3H3,(H3,15,16,17,18). The fourth-order valence-corrected chi connectivity index (χ4v) is 3.63. The van der Waals surface area contributed by atoms with Crippen molar-refractivity contribution in [1.29, 1.82) is 0 Å². The Hall–Kier alpha value is -0.970. The summed E-state index contributed by atoms with van der Waals surface area (Å²) in [4.78, 5) is 8.83. The lowest BCUT2D eigenvalue weighted by atomic mass is 10.2. The fraction of sp³-hybridized carbons (Fsp3) is 0.714. The minimum Gasteiger partial charge on any atom is -0.384 e. The third-order valence-electron chi connectivity index (χ3n) is 3.42. The average Bonchev–Trinajstić information content (AvgIpc) is 2.76. The molecule has 3 N–H and O–H groups in total. The number of aromatic nitrogens is 2. The highest BCUT2D eigenvalue weighted by Gasteiger charge is 2.24. The number of nitrogen functional groups attached to an aromatic ring is 1. The third-order valence-corrected chi connectivity index (χ3v) is 4.65. The molecule has 1 heterocycles. The van der Waals surface area contributed by atoms with Gasteiger partial charge in [0.2, 0.25) is 0 Å². The first kappa shape index (κ1) is 14.4. The Balaban J connectivity index is 1.99. The van der Waals surface area contributed by atoms with Crippen molar-refractivity contribution in [3.05, 3.63) is 11.9 Å². The summed E-state index contributed by atoms with van der Waals surface area (Å²) in [5.74, 6) is 3.76. The molecule has 0 aliphatic heterocycles. The first-order valence-corrected chi connectivity index (χ1v) is 8.16. The van der Waals surface area contributed by atoms with Gasteiger partial charge in [0.1, 0.15) is 17.5 Å². The zero-order valence-corrected chi connectivity index (χ0v) is 12.8. The summed E-state index contributed by atoms with van der Waals surface area (Å²) < 4.78 is 0. The first-order valence-electron chi connectivity index (χ1n) is 7.11. The quantitative estimate of drug-likeness (QED) is 0.866. The molecule has 1 fully saturated rings. The maximum Gasteiger partial charge on any atom is 0.135 e. The van der Waals surface area contributed by atoms with E-state index in [1.165, 1.54) is 25.0 Å². The van der Waals surface area contributed by atoms with Gasteiger partial charge in [0, 0.05) is 23.3 Å². The highest BCUT2D eigenvalue weighted by atomic mass is 32.2. The van der Waals surface area contributed by atoms with Crippen LogP contribution in [-0.2, 0) is 0 Å². The highest BCUT2D eigenvalue weighted by molar-refractivity contribution is 7.99. The van der Waals surface area contributed by atoms with Crippen LogP contribution in [0.5, 0.6) is 0 Å². The molecule has 106 valence electrons. The van der Waals surface area contributed by atoms with E-state index in [4.69, 9.17) is 5.73 Å². The Kier molecular flexibility index (Phi) is 4.91. The molecule has 1 aliphatic carbocycles. The second kappa shape index (κ2) is 6.46. The van der Waals surface area contributed by atoms with Crippen LogP contribution in [0, 0.1) is 0 Å². The molecule has 1 aromatic heterocycles. The predicted molar refractivity (Wildman–Crippen MR) is 83.7 cm³/mol. The second-order valence-corrected chi connectivity index (χ2v) is 7.00. The second-order valence-electron chi connectivity index (χ2n) is 5.42. The van der Waals surface area contributed by atoms with Crippen molar-refractivity contribution in [3.8, 4) is 0 Å². The first-order chi connectivity index (χ1) is 9.08. The molecule has 2 atom stereocenters. The molecule has 4 nitrogen and oxygen atoms in total. The van der Waals surface area contributed by atoms with E-state index < -0.39 is 0 Å². The maximum absolute atomic E-state index is 5.85. The van der Waals surface area contributed by atoms with Gasteiger partial charge in [-0.2, -0.15) is 11.8 Å². The Labute approximate surface area is 120 Å². The van der Waals surface area contributed by atoms with E-state index in [1.54, 1.807) is 0 Å². The number of anilines is 2. The van der Waals surface area contributed by atoms with E-state index in [0.29, 0.717) is 17.8 Å². The van der Waals surface area contributed by atoms with E-state index in [2.05, 4.69) is 47.8 Å². The van der Waals surface area contributed by atoms with Gasteiger partial charge < -0.3 is 11.1 Å². The minimum atomic E-state index is 0.302. The molecule has 1 saturated carbocycles. The van der Waals surface area contributed by atoms with Crippen molar-refractivity contribution in [2.75, 3.05) is 16.8 Å². The van der Waals surface area contributed by atoms with Crippen LogP contribution in [0.15, 0.2) is 6.07 Å². The molecule has 0 spiro atoms. The van der Waals surface area contributed by atoms with Crippen LogP contribution in [0.2, 0.25) is 0 Å². The SMILES string of the molecule is CCSC1CCC(Nc2cc(N)nc(C(C)C)n2)C1. The molecule has 2 unspecified atom stereocenters. The summed E-state index contributed by atoms with van der Waals surface area (Å²) >= 11 is 2.07. The lowest BCUT2D eigenvalue weighted by Crippen LogP contribution is -2.18. The zero-order chi connectivity index (χ0) is 13.8. The van der Waals surface area contributed by atoms with Gasteiger partial charge in [-0.25, -0.2) is 9.97 Å². The lowest BCUT2D eigenvalue weighted by Gasteiger charge is -2.15. The smallest absolute Gasteiger partial charge is 0.135 e. The van der Waals surface area contributed by atoms with Gasteiger partial charge in [-0.1, -0.05) is 20.8 Å². The Morgan fingerprint density at radius 2 is 2.21 bits per heavy atom. The molecule has 5 heteroatoms. The lowest BCUT2D eigenvalue weighted by molar-refractivity contribution is 0.737. The largest absolute Gasteiger partial charge is 0.384 e. The Morgan fingerprint density at radius 1 is 1.42 bits per heavy atom. The predicted octanol–water partition coefficient (Wildman–Crippen LogP) is 3.27. The van der Waals surface area contributed by atoms with Crippen LogP contribution < -0.4 is 11.1 Å². The Morgan fingerprint density at radius 3 is 2.89 bits per heavy atom. The van der Waals surface area contributed by atoms with E-state index in [9.17, 15) is 0 Å². The van der Waals surface area contributed by atoms with Crippen LogP contribution in [0.4, 0.5) is 11.6 Å². The minimum absolute atomic E-state index is 0.302. The number of rotatable bonds is 5. The van der Waals surface area contributed by atoms with Crippen molar-refractivity contribution in [2.24, 2.45) is 0 Å². The van der Waals surface area contributed by atoms with Gasteiger partial charge in [-0.15, -0.1) is 0 Å². The highest BCUT2D eigenvalue weighted by Crippen LogP contribution is 2.31. The average molecular weight is 280 g/mol. The maximum atomic E-state index is 5.85. The molecule has 1 aliphatic rings. The van der Waals surface area contributed by atoms with Crippen molar-refractivity contribution >= 4 is 23.4 Å². The number of nitrogens with one attached hydrogen (secondary N) is 1. The number of nitrogens with zero attached hydrogens (tertiary/aromatic N) is 2.